The van der Waals surface area contributed by atoms with Gasteiger partial charge in [0.05, 0.1) is 5.25 Å². The minimum atomic E-state index is -0.270. The lowest BCUT2D eigenvalue weighted by Crippen LogP contribution is -2.30. The second-order valence-corrected chi connectivity index (χ2v) is 6.60. The number of hydrogen-bond donors (Lipinski definition) is 2. The highest BCUT2D eigenvalue weighted by molar-refractivity contribution is 8.00. The van der Waals surface area contributed by atoms with Gasteiger partial charge in [-0.3, -0.25) is 9.89 Å². The third-order valence-corrected chi connectivity index (χ3v) is 4.43. The van der Waals surface area contributed by atoms with Gasteiger partial charge in [-0.05, 0) is 12.5 Å². The van der Waals surface area contributed by atoms with Crippen molar-refractivity contribution in [1.82, 2.24) is 20.5 Å². The largest absolute Gasteiger partial charge is 0.351 e. The van der Waals surface area contributed by atoms with Crippen molar-refractivity contribution in [2.45, 2.75) is 23.9 Å². The molecule has 1 heterocycles. The number of rotatable bonds is 6. The highest BCUT2D eigenvalue weighted by Gasteiger charge is 2.17. The van der Waals surface area contributed by atoms with Crippen molar-refractivity contribution >= 4 is 17.7 Å². The number of benzene rings is 2. The van der Waals surface area contributed by atoms with Gasteiger partial charge in [-0.25, -0.2) is 4.98 Å². The van der Waals surface area contributed by atoms with Crippen LogP contribution < -0.4 is 5.32 Å². The summed E-state index contributed by atoms with van der Waals surface area (Å²) < 4.78 is 0. The Labute approximate surface area is 144 Å². The summed E-state index contributed by atoms with van der Waals surface area (Å²) in [6, 6.07) is 19.6. The summed E-state index contributed by atoms with van der Waals surface area (Å²) in [6.07, 6.45) is 0. The molecule has 3 rings (SSSR count). The standard InChI is InChI=1S/C18H18N4OS/c1-13(17(23)19-12-14-8-4-2-5-9-14)24-18-20-16(21-22-18)15-10-6-3-7-11-15/h2-11,13H,12H2,1H3,(H,19,23)(H,20,21,22)/t13-/m0/s1. The van der Waals surface area contributed by atoms with E-state index >= 15 is 0 Å². The van der Waals surface area contributed by atoms with E-state index in [-0.39, 0.29) is 11.2 Å². The first kappa shape index (κ1) is 16.3. The molecule has 2 aromatic carbocycles. The van der Waals surface area contributed by atoms with Crippen molar-refractivity contribution in [1.29, 1.82) is 0 Å². The Bertz CT molecular complexity index is 789. The normalized spacial score (nSPS) is 11.9. The third-order valence-electron chi connectivity index (χ3n) is 3.47. The molecule has 0 fully saturated rings. The summed E-state index contributed by atoms with van der Waals surface area (Å²) in [5, 5.41) is 10.3. The zero-order chi connectivity index (χ0) is 16.8. The monoisotopic (exact) mass is 338 g/mol. The van der Waals surface area contributed by atoms with E-state index in [2.05, 4.69) is 20.5 Å². The van der Waals surface area contributed by atoms with Crippen LogP contribution in [0.25, 0.3) is 11.4 Å². The van der Waals surface area contributed by atoms with Crippen molar-refractivity contribution in [3.8, 4) is 11.4 Å². The molecule has 0 saturated carbocycles. The lowest BCUT2D eigenvalue weighted by Gasteiger charge is -2.10. The predicted octanol–water partition coefficient (Wildman–Crippen LogP) is 3.27. The highest BCUT2D eigenvalue weighted by Crippen LogP contribution is 2.22. The average molecular weight is 338 g/mol. The van der Waals surface area contributed by atoms with Gasteiger partial charge in [-0.1, -0.05) is 72.4 Å². The van der Waals surface area contributed by atoms with E-state index in [1.807, 2.05) is 67.6 Å². The molecular formula is C18H18N4OS. The molecule has 1 amide bonds. The molecule has 6 heteroatoms. The second kappa shape index (κ2) is 7.79. The van der Waals surface area contributed by atoms with E-state index in [4.69, 9.17) is 0 Å². The number of aromatic nitrogens is 3. The fourth-order valence-electron chi connectivity index (χ4n) is 2.16. The number of H-pyrrole nitrogens is 1. The number of carbonyl (C=O) groups is 1. The average Bonchev–Trinajstić information content (AvgIpc) is 3.10. The topological polar surface area (TPSA) is 70.7 Å². The number of carbonyl (C=O) groups excluding carboxylic acids is 1. The molecule has 0 bridgehead atoms. The smallest absolute Gasteiger partial charge is 0.233 e. The van der Waals surface area contributed by atoms with Crippen molar-refractivity contribution in [3.63, 3.8) is 0 Å². The van der Waals surface area contributed by atoms with Crippen LogP contribution in [0.5, 0.6) is 0 Å². The van der Waals surface area contributed by atoms with Crippen LogP contribution in [-0.4, -0.2) is 26.3 Å². The number of aromatic amines is 1. The van der Waals surface area contributed by atoms with Gasteiger partial charge >= 0.3 is 0 Å². The number of nitrogens with zero attached hydrogens (tertiary/aromatic N) is 2. The molecule has 0 unspecified atom stereocenters. The first-order valence-corrected chi connectivity index (χ1v) is 8.56. The van der Waals surface area contributed by atoms with E-state index in [0.717, 1.165) is 11.1 Å². The van der Waals surface area contributed by atoms with Crippen LogP contribution in [0.1, 0.15) is 12.5 Å². The molecule has 0 aliphatic carbocycles. The minimum absolute atomic E-state index is 0.0325. The van der Waals surface area contributed by atoms with Gasteiger partial charge in [0.1, 0.15) is 0 Å². The van der Waals surface area contributed by atoms with Crippen LogP contribution in [0, 0.1) is 0 Å². The fourth-order valence-corrected chi connectivity index (χ4v) is 2.91. The Morgan fingerprint density at radius 3 is 2.50 bits per heavy atom. The maximum atomic E-state index is 12.2. The first-order chi connectivity index (χ1) is 11.7. The number of thioether (sulfide) groups is 1. The lowest BCUT2D eigenvalue weighted by atomic mass is 10.2. The van der Waals surface area contributed by atoms with Gasteiger partial charge in [0.25, 0.3) is 0 Å². The summed E-state index contributed by atoms with van der Waals surface area (Å²) in [4.78, 5) is 16.6. The third kappa shape index (κ3) is 4.23. The molecule has 0 radical (unpaired) electrons. The Balaban J connectivity index is 1.55. The lowest BCUT2D eigenvalue weighted by molar-refractivity contribution is -0.120. The summed E-state index contributed by atoms with van der Waals surface area (Å²) in [7, 11) is 0. The van der Waals surface area contributed by atoms with Gasteiger partial charge in [-0.2, -0.15) is 0 Å². The second-order valence-electron chi connectivity index (χ2n) is 5.30. The summed E-state index contributed by atoms with van der Waals surface area (Å²) in [5.74, 6) is 0.671. The molecule has 0 aliphatic heterocycles. The van der Waals surface area contributed by atoms with Crippen molar-refractivity contribution < 1.29 is 4.79 Å². The fraction of sp³-hybridized carbons (Fsp3) is 0.167. The van der Waals surface area contributed by atoms with Gasteiger partial charge in [0.2, 0.25) is 11.1 Å². The summed E-state index contributed by atoms with van der Waals surface area (Å²) >= 11 is 1.34. The molecule has 2 N–H and O–H groups in total. The molecule has 1 atom stereocenters. The molecule has 0 aliphatic rings. The molecule has 5 nitrogen and oxygen atoms in total. The predicted molar refractivity (Wildman–Crippen MR) is 95.4 cm³/mol. The maximum Gasteiger partial charge on any atom is 0.233 e. The summed E-state index contributed by atoms with van der Waals surface area (Å²) in [6.45, 7) is 2.37. The van der Waals surface area contributed by atoms with Crippen LogP contribution in [0.15, 0.2) is 65.8 Å². The molecular weight excluding hydrogens is 320 g/mol. The van der Waals surface area contributed by atoms with Gasteiger partial charge in [-0.15, -0.1) is 5.10 Å². The van der Waals surface area contributed by atoms with Crippen LogP contribution in [-0.2, 0) is 11.3 Å². The Kier molecular flexibility index (Phi) is 5.28. The summed E-state index contributed by atoms with van der Waals surface area (Å²) in [5.41, 5.74) is 2.05. The Hall–Kier alpha value is -2.60. The van der Waals surface area contributed by atoms with Crippen LogP contribution >= 0.6 is 11.8 Å². The number of hydrogen-bond acceptors (Lipinski definition) is 4. The van der Waals surface area contributed by atoms with Gasteiger partial charge in [0.15, 0.2) is 5.82 Å². The molecule has 24 heavy (non-hydrogen) atoms. The molecule has 1 aromatic heterocycles. The Morgan fingerprint density at radius 2 is 1.79 bits per heavy atom. The van der Waals surface area contributed by atoms with Crippen LogP contribution in [0.4, 0.5) is 0 Å². The van der Waals surface area contributed by atoms with Crippen molar-refractivity contribution in [2.75, 3.05) is 0 Å². The minimum Gasteiger partial charge on any atom is -0.351 e. The van der Waals surface area contributed by atoms with E-state index in [1.54, 1.807) is 0 Å². The zero-order valence-corrected chi connectivity index (χ0v) is 14.1. The highest BCUT2D eigenvalue weighted by atomic mass is 32.2. The first-order valence-electron chi connectivity index (χ1n) is 7.68. The maximum absolute atomic E-state index is 12.2. The van der Waals surface area contributed by atoms with Gasteiger partial charge in [0, 0.05) is 12.1 Å². The molecule has 0 saturated heterocycles. The number of nitrogens with one attached hydrogen (secondary N) is 2. The van der Waals surface area contributed by atoms with E-state index in [9.17, 15) is 4.79 Å². The van der Waals surface area contributed by atoms with Crippen LogP contribution in [0.2, 0.25) is 0 Å². The van der Waals surface area contributed by atoms with Crippen LogP contribution in [0.3, 0.4) is 0 Å². The van der Waals surface area contributed by atoms with Gasteiger partial charge < -0.3 is 5.32 Å². The van der Waals surface area contributed by atoms with E-state index < -0.39 is 0 Å². The molecule has 122 valence electrons. The van der Waals surface area contributed by atoms with Crippen molar-refractivity contribution in [2.24, 2.45) is 0 Å². The van der Waals surface area contributed by atoms with E-state index in [1.165, 1.54) is 11.8 Å². The molecule has 3 aromatic rings. The zero-order valence-electron chi connectivity index (χ0n) is 13.3. The Morgan fingerprint density at radius 1 is 1.12 bits per heavy atom. The number of amides is 1. The SMILES string of the molecule is C[C@H](Sc1n[nH]c(-c2ccccc2)n1)C(=O)NCc1ccccc1. The molecule has 0 spiro atoms. The van der Waals surface area contributed by atoms with E-state index in [0.29, 0.717) is 17.5 Å². The van der Waals surface area contributed by atoms with Crippen molar-refractivity contribution in [3.05, 3.63) is 66.2 Å². The quantitative estimate of drug-likeness (QED) is 0.677.